The number of aryl methyl sites for hydroxylation is 1. The molecule has 19 heavy (non-hydrogen) atoms. The van der Waals surface area contributed by atoms with Crippen molar-refractivity contribution >= 4 is 5.91 Å². The second-order valence-corrected chi connectivity index (χ2v) is 3.92. The smallest absolute Gasteiger partial charge is 0.238 e. The Morgan fingerprint density at radius 1 is 1.47 bits per heavy atom. The number of carbonyl (C=O) groups excluding carboxylic acids is 1. The van der Waals surface area contributed by atoms with E-state index in [9.17, 15) is 4.79 Å². The average molecular weight is 265 g/mol. The van der Waals surface area contributed by atoms with Crippen LogP contribution in [0.15, 0.2) is 27.3 Å². The predicted octanol–water partition coefficient (Wildman–Crippen LogP) is 0.761. The number of rotatable bonds is 7. The minimum absolute atomic E-state index is 0.0659. The van der Waals surface area contributed by atoms with Crippen LogP contribution in [0.25, 0.3) is 11.6 Å². The zero-order chi connectivity index (χ0) is 13.5. The summed E-state index contributed by atoms with van der Waals surface area (Å²) in [5.41, 5.74) is 0. The van der Waals surface area contributed by atoms with Gasteiger partial charge in [0.05, 0.1) is 6.26 Å². The first kappa shape index (κ1) is 13.3. The van der Waals surface area contributed by atoms with E-state index in [1.807, 2.05) is 0 Å². The minimum Gasteiger partial charge on any atom is -0.461 e. The number of aliphatic hydroxyl groups is 1. The van der Waals surface area contributed by atoms with Crippen molar-refractivity contribution in [1.82, 2.24) is 15.5 Å². The number of nitrogens with one attached hydrogen (secondary N) is 1. The third kappa shape index (κ3) is 3.92. The number of aromatic nitrogens is 2. The van der Waals surface area contributed by atoms with E-state index in [4.69, 9.17) is 14.0 Å². The zero-order valence-corrected chi connectivity index (χ0v) is 10.3. The van der Waals surface area contributed by atoms with Crippen molar-refractivity contribution in [2.75, 3.05) is 13.2 Å². The molecule has 2 aromatic rings. The SMILES string of the molecule is O=C(CCc1nc(-c2ccco2)no1)NCCCO. The fraction of sp³-hybridized carbons (Fsp3) is 0.417. The van der Waals surface area contributed by atoms with Gasteiger partial charge in [0, 0.05) is 26.0 Å². The lowest BCUT2D eigenvalue weighted by Crippen LogP contribution is -2.25. The van der Waals surface area contributed by atoms with Crippen LogP contribution in [0.2, 0.25) is 0 Å². The summed E-state index contributed by atoms with van der Waals surface area (Å²) in [5.74, 6) is 1.19. The molecule has 0 aromatic carbocycles. The van der Waals surface area contributed by atoms with Crippen LogP contribution in [-0.4, -0.2) is 34.3 Å². The summed E-state index contributed by atoms with van der Waals surface area (Å²) in [6, 6.07) is 3.47. The number of aliphatic hydroxyl groups excluding tert-OH is 1. The van der Waals surface area contributed by atoms with Crippen LogP contribution in [0.5, 0.6) is 0 Å². The fourth-order valence-corrected chi connectivity index (χ4v) is 1.48. The number of furan rings is 1. The molecule has 0 saturated heterocycles. The lowest BCUT2D eigenvalue weighted by molar-refractivity contribution is -0.121. The van der Waals surface area contributed by atoms with Gasteiger partial charge in [0.1, 0.15) is 0 Å². The molecule has 0 unspecified atom stereocenters. The predicted molar refractivity (Wildman–Crippen MR) is 65.0 cm³/mol. The molecule has 0 radical (unpaired) electrons. The molecule has 0 bridgehead atoms. The molecular formula is C12H15N3O4. The van der Waals surface area contributed by atoms with Crippen molar-refractivity contribution in [3.05, 3.63) is 24.3 Å². The van der Waals surface area contributed by atoms with E-state index in [0.29, 0.717) is 36.9 Å². The summed E-state index contributed by atoms with van der Waals surface area (Å²) < 4.78 is 10.2. The molecule has 2 aromatic heterocycles. The Morgan fingerprint density at radius 3 is 3.11 bits per heavy atom. The second kappa shape index (κ2) is 6.69. The summed E-state index contributed by atoms with van der Waals surface area (Å²) in [6.07, 6.45) is 2.72. The first-order chi connectivity index (χ1) is 9.29. The number of nitrogens with zero attached hydrogens (tertiary/aromatic N) is 2. The minimum atomic E-state index is -0.105. The van der Waals surface area contributed by atoms with E-state index in [-0.39, 0.29) is 18.9 Å². The average Bonchev–Trinajstić information content (AvgIpc) is 3.07. The Labute approximate surface area is 109 Å². The molecule has 1 amide bonds. The second-order valence-electron chi connectivity index (χ2n) is 3.92. The normalized spacial score (nSPS) is 10.6. The van der Waals surface area contributed by atoms with Gasteiger partial charge in [0.25, 0.3) is 0 Å². The van der Waals surface area contributed by atoms with Gasteiger partial charge in [-0.3, -0.25) is 4.79 Å². The molecular weight excluding hydrogens is 250 g/mol. The summed E-state index contributed by atoms with van der Waals surface area (Å²) >= 11 is 0. The van der Waals surface area contributed by atoms with Gasteiger partial charge in [-0.05, 0) is 18.6 Å². The van der Waals surface area contributed by atoms with E-state index in [2.05, 4.69) is 15.5 Å². The Hall–Kier alpha value is -2.15. The van der Waals surface area contributed by atoms with Crippen LogP contribution < -0.4 is 5.32 Å². The van der Waals surface area contributed by atoms with E-state index in [1.54, 1.807) is 12.1 Å². The molecule has 0 aliphatic carbocycles. The number of hydrogen-bond acceptors (Lipinski definition) is 6. The van der Waals surface area contributed by atoms with Crippen molar-refractivity contribution in [1.29, 1.82) is 0 Å². The summed E-state index contributed by atoms with van der Waals surface area (Å²) in [7, 11) is 0. The van der Waals surface area contributed by atoms with Gasteiger partial charge in [0.2, 0.25) is 17.6 Å². The molecule has 2 heterocycles. The molecule has 2 N–H and O–H groups in total. The summed E-state index contributed by atoms with van der Waals surface area (Å²) in [6.45, 7) is 0.535. The molecule has 7 nitrogen and oxygen atoms in total. The molecule has 102 valence electrons. The standard InChI is InChI=1S/C12H15N3O4/c16-7-2-6-13-10(17)4-5-11-14-12(15-19-11)9-3-1-8-18-9/h1,3,8,16H,2,4-7H2,(H,13,17). The maximum Gasteiger partial charge on any atom is 0.238 e. The van der Waals surface area contributed by atoms with Gasteiger partial charge in [-0.1, -0.05) is 5.16 Å². The Balaban J connectivity index is 1.79. The van der Waals surface area contributed by atoms with Gasteiger partial charge in [0.15, 0.2) is 5.76 Å². The third-order valence-corrected chi connectivity index (χ3v) is 2.43. The highest BCUT2D eigenvalue weighted by Gasteiger charge is 2.11. The highest BCUT2D eigenvalue weighted by Crippen LogP contribution is 2.16. The molecule has 0 fully saturated rings. The Kier molecular flexibility index (Phi) is 4.68. The zero-order valence-electron chi connectivity index (χ0n) is 10.3. The number of hydrogen-bond donors (Lipinski definition) is 2. The van der Waals surface area contributed by atoms with Crippen molar-refractivity contribution in [2.24, 2.45) is 0 Å². The topological polar surface area (TPSA) is 101 Å². The van der Waals surface area contributed by atoms with Crippen molar-refractivity contribution in [3.63, 3.8) is 0 Å². The van der Waals surface area contributed by atoms with Gasteiger partial charge in [-0.15, -0.1) is 0 Å². The Bertz CT molecular complexity index is 507. The monoisotopic (exact) mass is 265 g/mol. The summed E-state index contributed by atoms with van der Waals surface area (Å²) in [5, 5.41) is 15.0. The molecule has 0 atom stereocenters. The third-order valence-electron chi connectivity index (χ3n) is 2.43. The van der Waals surface area contributed by atoms with E-state index < -0.39 is 0 Å². The van der Waals surface area contributed by atoms with Crippen LogP contribution in [0.4, 0.5) is 0 Å². The maximum atomic E-state index is 11.4. The van der Waals surface area contributed by atoms with Crippen molar-refractivity contribution in [3.8, 4) is 11.6 Å². The van der Waals surface area contributed by atoms with Crippen molar-refractivity contribution in [2.45, 2.75) is 19.3 Å². The lowest BCUT2D eigenvalue weighted by Gasteiger charge is -2.01. The van der Waals surface area contributed by atoms with E-state index in [1.165, 1.54) is 6.26 Å². The lowest BCUT2D eigenvalue weighted by atomic mass is 10.3. The van der Waals surface area contributed by atoms with Gasteiger partial charge >= 0.3 is 0 Å². The highest BCUT2D eigenvalue weighted by molar-refractivity contribution is 5.75. The van der Waals surface area contributed by atoms with Gasteiger partial charge in [-0.2, -0.15) is 4.98 Å². The molecule has 0 aliphatic rings. The quantitative estimate of drug-likeness (QED) is 0.717. The maximum absolute atomic E-state index is 11.4. The molecule has 0 saturated carbocycles. The van der Waals surface area contributed by atoms with Crippen LogP contribution in [-0.2, 0) is 11.2 Å². The van der Waals surface area contributed by atoms with Crippen LogP contribution in [0, 0.1) is 0 Å². The first-order valence-electron chi connectivity index (χ1n) is 6.03. The number of carbonyl (C=O) groups is 1. The fourth-order valence-electron chi connectivity index (χ4n) is 1.48. The van der Waals surface area contributed by atoms with E-state index >= 15 is 0 Å². The van der Waals surface area contributed by atoms with Gasteiger partial charge in [-0.25, -0.2) is 0 Å². The molecule has 7 heteroatoms. The highest BCUT2D eigenvalue weighted by atomic mass is 16.5. The number of amides is 1. The Morgan fingerprint density at radius 2 is 2.37 bits per heavy atom. The van der Waals surface area contributed by atoms with Crippen LogP contribution >= 0.6 is 0 Å². The van der Waals surface area contributed by atoms with Crippen molar-refractivity contribution < 1.29 is 18.8 Å². The molecule has 0 spiro atoms. The van der Waals surface area contributed by atoms with Gasteiger partial charge < -0.3 is 19.4 Å². The molecule has 2 rings (SSSR count). The van der Waals surface area contributed by atoms with E-state index in [0.717, 1.165) is 0 Å². The van der Waals surface area contributed by atoms with Crippen LogP contribution in [0.3, 0.4) is 0 Å². The largest absolute Gasteiger partial charge is 0.461 e. The van der Waals surface area contributed by atoms with Crippen LogP contribution in [0.1, 0.15) is 18.7 Å². The first-order valence-corrected chi connectivity index (χ1v) is 6.03. The summed E-state index contributed by atoms with van der Waals surface area (Å²) in [4.78, 5) is 15.6. The molecule has 0 aliphatic heterocycles.